The summed E-state index contributed by atoms with van der Waals surface area (Å²) in [6.07, 6.45) is 0. The molecular weight excluding hydrogens is 296 g/mol. The molecule has 130 valence electrons. The Kier molecular flexibility index (Phi) is 3.58. The topological polar surface area (TPSA) is 23.6 Å². The van der Waals surface area contributed by atoms with Crippen molar-refractivity contribution in [2.24, 2.45) is 28.6 Å². The largest absolute Gasteiger partial charge is 0.342 e. The highest BCUT2D eigenvalue weighted by molar-refractivity contribution is 5.84. The summed E-state index contributed by atoms with van der Waals surface area (Å²) in [5.74, 6) is 1.96. The quantitative estimate of drug-likeness (QED) is 0.851. The number of hydrogen-bond donors (Lipinski definition) is 0. The molecule has 2 saturated heterocycles. The Labute approximate surface area is 146 Å². The van der Waals surface area contributed by atoms with Gasteiger partial charge in [0.2, 0.25) is 5.91 Å². The highest BCUT2D eigenvalue weighted by atomic mass is 16.2. The minimum atomic E-state index is 0.154. The molecule has 1 aliphatic carbocycles. The van der Waals surface area contributed by atoms with Crippen molar-refractivity contribution < 1.29 is 4.79 Å². The van der Waals surface area contributed by atoms with E-state index < -0.39 is 0 Å². The van der Waals surface area contributed by atoms with Gasteiger partial charge in [0.15, 0.2) is 0 Å². The molecule has 0 radical (unpaired) electrons. The summed E-state index contributed by atoms with van der Waals surface area (Å²) >= 11 is 0. The fraction of sp³-hybridized carbons (Fsp3) is 0.667. The fourth-order valence-electron chi connectivity index (χ4n) is 5.24. The van der Waals surface area contributed by atoms with Gasteiger partial charge in [-0.25, -0.2) is 0 Å². The molecule has 0 bridgehead atoms. The number of likely N-dealkylation sites (tertiary alicyclic amines) is 2. The average molecular weight is 326 g/mol. The number of benzene rings is 1. The summed E-state index contributed by atoms with van der Waals surface area (Å²) in [5.41, 5.74) is 1.70. The van der Waals surface area contributed by atoms with Crippen LogP contribution in [0.1, 0.15) is 33.3 Å². The number of carbonyl (C=O) groups is 1. The van der Waals surface area contributed by atoms with Gasteiger partial charge in [0, 0.05) is 38.6 Å². The van der Waals surface area contributed by atoms with Crippen molar-refractivity contribution in [1.29, 1.82) is 0 Å². The highest BCUT2D eigenvalue weighted by Gasteiger charge is 2.69. The maximum absolute atomic E-state index is 13.0. The van der Waals surface area contributed by atoms with Crippen LogP contribution in [0.3, 0.4) is 0 Å². The van der Waals surface area contributed by atoms with E-state index in [9.17, 15) is 4.79 Å². The zero-order valence-electron chi connectivity index (χ0n) is 15.5. The van der Waals surface area contributed by atoms with Crippen LogP contribution in [-0.4, -0.2) is 41.9 Å². The summed E-state index contributed by atoms with van der Waals surface area (Å²) in [7, 11) is 0. The van der Waals surface area contributed by atoms with Gasteiger partial charge >= 0.3 is 0 Å². The van der Waals surface area contributed by atoms with Gasteiger partial charge in [-0.2, -0.15) is 0 Å². The number of hydrogen-bond acceptors (Lipinski definition) is 2. The van der Waals surface area contributed by atoms with Crippen molar-refractivity contribution in [2.45, 2.75) is 34.2 Å². The first kappa shape index (κ1) is 16.1. The molecule has 1 amide bonds. The van der Waals surface area contributed by atoms with Gasteiger partial charge in [0.25, 0.3) is 0 Å². The van der Waals surface area contributed by atoms with E-state index in [1.54, 1.807) is 0 Å². The Morgan fingerprint density at radius 3 is 2.00 bits per heavy atom. The molecule has 4 rings (SSSR count). The Hall–Kier alpha value is -1.35. The summed E-state index contributed by atoms with van der Waals surface area (Å²) < 4.78 is 0. The molecule has 2 heterocycles. The summed E-state index contributed by atoms with van der Waals surface area (Å²) in [6.45, 7) is 14.2. The molecule has 1 aromatic rings. The van der Waals surface area contributed by atoms with Crippen LogP contribution in [0.5, 0.6) is 0 Å². The number of nitrogens with zero attached hydrogens (tertiary/aromatic N) is 2. The smallest absolute Gasteiger partial charge is 0.226 e. The van der Waals surface area contributed by atoms with Crippen LogP contribution < -0.4 is 0 Å². The van der Waals surface area contributed by atoms with Crippen molar-refractivity contribution in [3.8, 4) is 0 Å². The lowest BCUT2D eigenvalue weighted by molar-refractivity contribution is -0.133. The van der Waals surface area contributed by atoms with E-state index in [1.165, 1.54) is 5.56 Å². The first-order valence-electron chi connectivity index (χ1n) is 9.36. The van der Waals surface area contributed by atoms with Crippen molar-refractivity contribution >= 4 is 5.91 Å². The Morgan fingerprint density at radius 1 is 0.958 bits per heavy atom. The van der Waals surface area contributed by atoms with Crippen molar-refractivity contribution in [2.75, 3.05) is 26.2 Å². The molecule has 1 saturated carbocycles. The third-order valence-electron chi connectivity index (χ3n) is 7.39. The third kappa shape index (κ3) is 2.40. The fourth-order valence-corrected chi connectivity index (χ4v) is 5.24. The predicted molar refractivity (Wildman–Crippen MR) is 96.3 cm³/mol. The second kappa shape index (κ2) is 5.32. The second-order valence-electron chi connectivity index (χ2n) is 9.32. The molecule has 0 N–H and O–H groups in total. The highest BCUT2D eigenvalue weighted by Crippen LogP contribution is 2.69. The lowest BCUT2D eigenvalue weighted by Gasteiger charge is -2.22. The van der Waals surface area contributed by atoms with Crippen LogP contribution in [0.2, 0.25) is 0 Å². The van der Waals surface area contributed by atoms with Crippen LogP contribution in [-0.2, 0) is 11.3 Å². The number of rotatable bonds is 3. The van der Waals surface area contributed by atoms with E-state index in [0.29, 0.717) is 17.7 Å². The molecule has 2 atom stereocenters. The number of fused-ring (bicyclic) bond motifs is 1. The van der Waals surface area contributed by atoms with Gasteiger partial charge in [0.1, 0.15) is 0 Å². The minimum absolute atomic E-state index is 0.154. The summed E-state index contributed by atoms with van der Waals surface area (Å²) in [4.78, 5) is 17.7. The molecule has 0 unspecified atom stereocenters. The van der Waals surface area contributed by atoms with Crippen molar-refractivity contribution in [3.05, 3.63) is 35.9 Å². The van der Waals surface area contributed by atoms with E-state index in [2.05, 4.69) is 67.8 Å². The van der Waals surface area contributed by atoms with Crippen LogP contribution in [0, 0.1) is 28.6 Å². The second-order valence-corrected chi connectivity index (χ2v) is 9.32. The van der Waals surface area contributed by atoms with Gasteiger partial charge in [-0.3, -0.25) is 9.69 Å². The maximum atomic E-state index is 13.0. The SMILES string of the molecule is CC1(C)C(C(=O)N2C[C@H]3CN(Cc4ccccc4)C[C@H]3C2)C1(C)C. The molecule has 2 aliphatic heterocycles. The van der Waals surface area contributed by atoms with Gasteiger partial charge in [0.05, 0.1) is 0 Å². The first-order valence-corrected chi connectivity index (χ1v) is 9.36. The van der Waals surface area contributed by atoms with Crippen LogP contribution in [0.4, 0.5) is 0 Å². The van der Waals surface area contributed by atoms with E-state index in [-0.39, 0.29) is 16.7 Å². The Morgan fingerprint density at radius 2 is 1.50 bits per heavy atom. The Balaban J connectivity index is 1.34. The molecule has 0 aromatic heterocycles. The lowest BCUT2D eigenvalue weighted by Crippen LogP contribution is -2.35. The third-order valence-corrected chi connectivity index (χ3v) is 7.39. The molecule has 0 spiro atoms. The van der Waals surface area contributed by atoms with Crippen molar-refractivity contribution in [3.63, 3.8) is 0 Å². The monoisotopic (exact) mass is 326 g/mol. The van der Waals surface area contributed by atoms with Crippen LogP contribution in [0.15, 0.2) is 30.3 Å². The van der Waals surface area contributed by atoms with E-state index in [1.807, 2.05) is 0 Å². The molecule has 3 fully saturated rings. The zero-order chi connectivity index (χ0) is 17.1. The molecular formula is C21H30N2O. The summed E-state index contributed by atoms with van der Waals surface area (Å²) in [6, 6.07) is 10.7. The molecule has 3 nitrogen and oxygen atoms in total. The van der Waals surface area contributed by atoms with E-state index in [0.717, 1.165) is 32.7 Å². The van der Waals surface area contributed by atoms with Gasteiger partial charge < -0.3 is 4.90 Å². The molecule has 1 aromatic carbocycles. The van der Waals surface area contributed by atoms with Gasteiger partial charge in [-0.1, -0.05) is 58.0 Å². The lowest BCUT2D eigenvalue weighted by atomic mass is 10.0. The van der Waals surface area contributed by atoms with Gasteiger partial charge in [-0.05, 0) is 28.2 Å². The van der Waals surface area contributed by atoms with E-state index in [4.69, 9.17) is 0 Å². The zero-order valence-corrected chi connectivity index (χ0v) is 15.5. The minimum Gasteiger partial charge on any atom is -0.342 e. The Bertz CT molecular complexity index is 608. The molecule has 3 aliphatic rings. The van der Waals surface area contributed by atoms with Crippen LogP contribution in [0.25, 0.3) is 0 Å². The van der Waals surface area contributed by atoms with Gasteiger partial charge in [-0.15, -0.1) is 0 Å². The molecule has 3 heteroatoms. The normalized spacial score (nSPS) is 31.2. The maximum Gasteiger partial charge on any atom is 0.226 e. The standard InChI is InChI=1S/C21H30N2O/c1-20(2)18(21(20,3)4)19(24)23-13-16-11-22(12-17(16)14-23)10-15-8-6-5-7-9-15/h5-9,16-18H,10-14H2,1-4H3/t16-,17+. The average Bonchev–Trinajstić information content (AvgIpc) is 2.88. The van der Waals surface area contributed by atoms with E-state index >= 15 is 0 Å². The number of amides is 1. The first-order chi connectivity index (χ1) is 11.3. The van der Waals surface area contributed by atoms with Crippen molar-refractivity contribution in [1.82, 2.24) is 9.80 Å². The molecule has 24 heavy (non-hydrogen) atoms. The summed E-state index contributed by atoms with van der Waals surface area (Å²) in [5, 5.41) is 0. The predicted octanol–water partition coefficient (Wildman–Crippen LogP) is 3.26. The number of carbonyl (C=O) groups excluding carboxylic acids is 1. The van der Waals surface area contributed by atoms with Crippen LogP contribution >= 0.6 is 0 Å².